The zero-order valence-corrected chi connectivity index (χ0v) is 11.3. The van der Waals surface area contributed by atoms with Gasteiger partial charge in [-0.1, -0.05) is 26.7 Å². The third-order valence-corrected chi connectivity index (χ3v) is 3.78. The van der Waals surface area contributed by atoms with Crippen LogP contribution in [0.3, 0.4) is 0 Å². The Kier molecular flexibility index (Phi) is 5.12. The third kappa shape index (κ3) is 3.06. The average molecular weight is 240 g/mol. The summed E-state index contributed by atoms with van der Waals surface area (Å²) >= 11 is 0. The molecule has 0 spiro atoms. The Hall–Kier alpha value is -0.900. The van der Waals surface area contributed by atoms with Crippen LogP contribution in [0.1, 0.15) is 47.0 Å². The van der Waals surface area contributed by atoms with E-state index >= 15 is 0 Å². The van der Waals surface area contributed by atoms with Gasteiger partial charge in [-0.3, -0.25) is 14.5 Å². The van der Waals surface area contributed by atoms with Crippen molar-refractivity contribution in [3.8, 4) is 0 Å². The molecule has 1 aliphatic heterocycles. The molecule has 0 aromatic carbocycles. The number of nitrogens with one attached hydrogen (secondary N) is 1. The van der Waals surface area contributed by atoms with Gasteiger partial charge >= 0.3 is 0 Å². The molecular weight excluding hydrogens is 216 g/mol. The molecule has 1 fully saturated rings. The molecule has 1 saturated heterocycles. The Balaban J connectivity index is 2.58. The predicted octanol–water partition coefficient (Wildman–Crippen LogP) is 1.55. The van der Waals surface area contributed by atoms with E-state index < -0.39 is 0 Å². The number of rotatable bonds is 6. The zero-order valence-electron chi connectivity index (χ0n) is 11.3. The minimum absolute atomic E-state index is 0.0493. The maximum atomic E-state index is 11.9. The molecule has 2 amide bonds. The van der Waals surface area contributed by atoms with Crippen molar-refractivity contribution >= 4 is 11.8 Å². The molecule has 4 heteroatoms. The van der Waals surface area contributed by atoms with Gasteiger partial charge in [0.1, 0.15) is 0 Å². The fourth-order valence-corrected chi connectivity index (χ4v) is 2.59. The van der Waals surface area contributed by atoms with Crippen LogP contribution in [0.2, 0.25) is 0 Å². The van der Waals surface area contributed by atoms with Gasteiger partial charge in [0.25, 0.3) is 0 Å². The monoisotopic (exact) mass is 240 g/mol. The Morgan fingerprint density at radius 3 is 2.29 bits per heavy atom. The van der Waals surface area contributed by atoms with Crippen LogP contribution in [0.4, 0.5) is 0 Å². The van der Waals surface area contributed by atoms with Crippen LogP contribution in [0.15, 0.2) is 0 Å². The first kappa shape index (κ1) is 14.2. The van der Waals surface area contributed by atoms with Gasteiger partial charge < -0.3 is 5.32 Å². The van der Waals surface area contributed by atoms with Gasteiger partial charge in [0.15, 0.2) is 0 Å². The molecule has 17 heavy (non-hydrogen) atoms. The summed E-state index contributed by atoms with van der Waals surface area (Å²) in [5, 5.41) is 3.31. The minimum atomic E-state index is -0.307. The number of hydrogen-bond donors (Lipinski definition) is 1. The Labute approximate surface area is 104 Å². The van der Waals surface area contributed by atoms with Crippen molar-refractivity contribution in [1.29, 1.82) is 0 Å². The van der Waals surface area contributed by atoms with Gasteiger partial charge in [-0.15, -0.1) is 0 Å². The summed E-state index contributed by atoms with van der Waals surface area (Å²) in [4.78, 5) is 24.9. The standard InChI is InChI=1S/C13H24N2O2/c1-5-10(6-2)9(4)14-11-8-12(16)15(7-3)13(11)17/h9-11,14H,5-8H2,1-4H3. The van der Waals surface area contributed by atoms with E-state index in [2.05, 4.69) is 26.1 Å². The summed E-state index contributed by atoms with van der Waals surface area (Å²) in [6.45, 7) is 8.74. The first-order valence-corrected chi connectivity index (χ1v) is 6.65. The van der Waals surface area contributed by atoms with Gasteiger partial charge in [-0.2, -0.15) is 0 Å². The summed E-state index contributed by atoms with van der Waals surface area (Å²) in [7, 11) is 0. The zero-order chi connectivity index (χ0) is 13.0. The second-order valence-electron chi connectivity index (χ2n) is 4.76. The van der Waals surface area contributed by atoms with Crippen LogP contribution >= 0.6 is 0 Å². The van der Waals surface area contributed by atoms with E-state index in [9.17, 15) is 9.59 Å². The van der Waals surface area contributed by atoms with Gasteiger partial charge in [-0.05, 0) is 19.8 Å². The van der Waals surface area contributed by atoms with Crippen molar-refractivity contribution in [1.82, 2.24) is 10.2 Å². The van der Waals surface area contributed by atoms with Gasteiger partial charge in [0.05, 0.1) is 12.5 Å². The molecule has 1 heterocycles. The van der Waals surface area contributed by atoms with E-state index in [1.165, 1.54) is 4.90 Å². The average Bonchev–Trinajstić information content (AvgIpc) is 2.55. The lowest BCUT2D eigenvalue weighted by Crippen LogP contribution is -2.45. The molecule has 2 unspecified atom stereocenters. The molecule has 1 N–H and O–H groups in total. The molecule has 0 bridgehead atoms. The highest BCUT2D eigenvalue weighted by Gasteiger charge is 2.38. The third-order valence-electron chi connectivity index (χ3n) is 3.78. The van der Waals surface area contributed by atoms with Crippen LogP contribution < -0.4 is 5.32 Å². The molecule has 0 radical (unpaired) electrons. The second kappa shape index (κ2) is 6.15. The number of carbonyl (C=O) groups excluding carboxylic acids is 2. The molecule has 98 valence electrons. The van der Waals surface area contributed by atoms with E-state index in [1.54, 1.807) is 0 Å². The van der Waals surface area contributed by atoms with Crippen LogP contribution in [0, 0.1) is 5.92 Å². The molecule has 1 rings (SSSR count). The fraction of sp³-hybridized carbons (Fsp3) is 0.846. The Morgan fingerprint density at radius 2 is 1.88 bits per heavy atom. The summed E-state index contributed by atoms with van der Waals surface area (Å²) in [5.41, 5.74) is 0. The van der Waals surface area contributed by atoms with E-state index in [0.717, 1.165) is 12.8 Å². The molecular formula is C13H24N2O2. The lowest BCUT2D eigenvalue weighted by atomic mass is 9.95. The van der Waals surface area contributed by atoms with E-state index in [0.29, 0.717) is 18.9 Å². The van der Waals surface area contributed by atoms with Crippen molar-refractivity contribution in [2.75, 3.05) is 6.54 Å². The minimum Gasteiger partial charge on any atom is -0.303 e. The normalized spacial score (nSPS) is 22.6. The smallest absolute Gasteiger partial charge is 0.246 e. The number of nitrogens with zero attached hydrogens (tertiary/aromatic N) is 1. The summed E-state index contributed by atoms with van der Waals surface area (Å²) in [6, 6.07) is -0.0263. The molecule has 0 aliphatic carbocycles. The maximum absolute atomic E-state index is 11.9. The predicted molar refractivity (Wildman–Crippen MR) is 67.5 cm³/mol. The Morgan fingerprint density at radius 1 is 1.29 bits per heavy atom. The van der Waals surface area contributed by atoms with Gasteiger partial charge in [-0.25, -0.2) is 0 Å². The lowest BCUT2D eigenvalue weighted by Gasteiger charge is -2.25. The molecule has 2 atom stereocenters. The first-order valence-electron chi connectivity index (χ1n) is 6.65. The molecule has 1 aliphatic rings. The molecule has 0 aromatic heterocycles. The van der Waals surface area contributed by atoms with Crippen LogP contribution in [0.5, 0.6) is 0 Å². The second-order valence-corrected chi connectivity index (χ2v) is 4.76. The van der Waals surface area contributed by atoms with Gasteiger partial charge in [0.2, 0.25) is 11.8 Å². The molecule has 4 nitrogen and oxygen atoms in total. The fourth-order valence-electron chi connectivity index (χ4n) is 2.59. The highest BCUT2D eigenvalue weighted by atomic mass is 16.2. The number of likely N-dealkylation sites (N-methyl/N-ethyl adjacent to an activating group) is 1. The largest absolute Gasteiger partial charge is 0.303 e. The van der Waals surface area contributed by atoms with Crippen molar-refractivity contribution in [2.45, 2.75) is 59.0 Å². The van der Waals surface area contributed by atoms with Crippen molar-refractivity contribution in [3.63, 3.8) is 0 Å². The van der Waals surface area contributed by atoms with Crippen molar-refractivity contribution in [2.24, 2.45) is 5.92 Å². The SMILES string of the molecule is CCC(CC)C(C)NC1CC(=O)N(CC)C1=O. The van der Waals surface area contributed by atoms with E-state index in [-0.39, 0.29) is 23.9 Å². The van der Waals surface area contributed by atoms with Crippen molar-refractivity contribution < 1.29 is 9.59 Å². The highest BCUT2D eigenvalue weighted by molar-refractivity contribution is 6.05. The van der Waals surface area contributed by atoms with Crippen LogP contribution in [0.25, 0.3) is 0 Å². The number of carbonyl (C=O) groups is 2. The number of hydrogen-bond acceptors (Lipinski definition) is 3. The highest BCUT2D eigenvalue weighted by Crippen LogP contribution is 2.17. The van der Waals surface area contributed by atoms with Crippen molar-refractivity contribution in [3.05, 3.63) is 0 Å². The lowest BCUT2D eigenvalue weighted by molar-refractivity contribution is -0.138. The summed E-state index contributed by atoms with van der Waals surface area (Å²) in [5.74, 6) is 0.454. The Bertz CT molecular complexity index is 287. The van der Waals surface area contributed by atoms with Crippen LogP contribution in [-0.4, -0.2) is 35.3 Å². The maximum Gasteiger partial charge on any atom is 0.246 e. The first-order chi connectivity index (χ1) is 8.04. The number of imide groups is 1. The van der Waals surface area contributed by atoms with E-state index in [4.69, 9.17) is 0 Å². The topological polar surface area (TPSA) is 49.4 Å². The van der Waals surface area contributed by atoms with E-state index in [1.807, 2.05) is 6.92 Å². The molecule has 0 saturated carbocycles. The quantitative estimate of drug-likeness (QED) is 0.717. The molecule has 0 aromatic rings. The van der Waals surface area contributed by atoms with Gasteiger partial charge in [0, 0.05) is 12.6 Å². The number of amides is 2. The summed E-state index contributed by atoms with van der Waals surface area (Å²) in [6.07, 6.45) is 2.51. The van der Waals surface area contributed by atoms with Crippen LogP contribution in [-0.2, 0) is 9.59 Å². The summed E-state index contributed by atoms with van der Waals surface area (Å²) < 4.78 is 0. The number of likely N-dealkylation sites (tertiary alicyclic amines) is 1.